The number of aliphatic hydroxyl groups is 1. The van der Waals surface area contributed by atoms with Gasteiger partial charge in [0, 0.05) is 6.20 Å². The predicted molar refractivity (Wildman–Crippen MR) is 101 cm³/mol. The van der Waals surface area contributed by atoms with Crippen molar-refractivity contribution < 1.29 is 33.0 Å². The van der Waals surface area contributed by atoms with Crippen LogP contribution in [-0.2, 0) is 6.18 Å². The number of benzene rings is 1. The van der Waals surface area contributed by atoms with Gasteiger partial charge in [-0.15, -0.1) is 0 Å². The van der Waals surface area contributed by atoms with Gasteiger partial charge in [-0.25, -0.2) is 9.78 Å². The second kappa shape index (κ2) is 8.23. The Labute approximate surface area is 174 Å². The highest BCUT2D eigenvalue weighted by molar-refractivity contribution is 6.34. The molecule has 1 aliphatic carbocycles. The van der Waals surface area contributed by atoms with Crippen LogP contribution < -0.4 is 5.32 Å². The van der Waals surface area contributed by atoms with E-state index in [2.05, 4.69) is 10.3 Å². The Hall–Kier alpha value is -2.65. The molecule has 10 heteroatoms. The van der Waals surface area contributed by atoms with Crippen molar-refractivity contribution in [2.45, 2.75) is 43.5 Å². The number of aromatic carboxylic acids is 1. The summed E-state index contributed by atoms with van der Waals surface area (Å²) in [4.78, 5) is 27.8. The molecule has 1 atom stereocenters. The summed E-state index contributed by atoms with van der Waals surface area (Å²) in [6.45, 7) is 0. The first-order chi connectivity index (χ1) is 14.0. The Kier molecular flexibility index (Phi) is 6.05. The molecule has 2 aromatic rings. The zero-order valence-corrected chi connectivity index (χ0v) is 16.3. The largest absolute Gasteiger partial charge is 0.478 e. The molecule has 30 heavy (non-hydrogen) atoms. The van der Waals surface area contributed by atoms with E-state index in [1.165, 1.54) is 24.3 Å². The molecule has 0 aliphatic heterocycles. The zero-order valence-electron chi connectivity index (χ0n) is 15.5. The van der Waals surface area contributed by atoms with E-state index in [4.69, 9.17) is 11.6 Å². The average Bonchev–Trinajstić information content (AvgIpc) is 3.12. The molecule has 1 fully saturated rings. The lowest BCUT2D eigenvalue weighted by Crippen LogP contribution is -2.44. The Morgan fingerprint density at radius 2 is 1.87 bits per heavy atom. The highest BCUT2D eigenvalue weighted by Gasteiger charge is 2.42. The van der Waals surface area contributed by atoms with Crippen molar-refractivity contribution >= 4 is 23.5 Å². The minimum absolute atomic E-state index is 0.0522. The van der Waals surface area contributed by atoms with Gasteiger partial charge in [0.15, 0.2) is 0 Å². The Bertz CT molecular complexity index is 975. The number of nitrogens with zero attached hydrogens (tertiary/aromatic N) is 1. The predicted octanol–water partition coefficient (Wildman–Crippen LogP) is 4.23. The van der Waals surface area contributed by atoms with Gasteiger partial charge in [0.05, 0.1) is 27.8 Å². The molecule has 160 valence electrons. The maximum atomic E-state index is 13.1. The first kappa shape index (κ1) is 22.0. The van der Waals surface area contributed by atoms with E-state index >= 15 is 0 Å². The van der Waals surface area contributed by atoms with Gasteiger partial charge >= 0.3 is 12.1 Å². The third-order valence-corrected chi connectivity index (χ3v) is 5.54. The molecule has 1 aliphatic rings. The topological polar surface area (TPSA) is 99.5 Å². The number of amides is 1. The molecular weight excluding hydrogens is 425 g/mol. The monoisotopic (exact) mass is 442 g/mol. The third-order valence-electron chi connectivity index (χ3n) is 5.16. The molecule has 0 saturated heterocycles. The molecule has 6 nitrogen and oxygen atoms in total. The maximum Gasteiger partial charge on any atom is 0.417 e. The van der Waals surface area contributed by atoms with Crippen molar-refractivity contribution in [3.05, 3.63) is 63.9 Å². The molecule has 1 amide bonds. The summed E-state index contributed by atoms with van der Waals surface area (Å²) in [5.41, 5.74) is -2.96. The van der Waals surface area contributed by atoms with Crippen molar-refractivity contribution in [2.24, 2.45) is 0 Å². The van der Waals surface area contributed by atoms with Crippen LogP contribution in [0.1, 0.15) is 63.7 Å². The van der Waals surface area contributed by atoms with Crippen molar-refractivity contribution in [1.82, 2.24) is 10.3 Å². The third kappa shape index (κ3) is 4.41. The van der Waals surface area contributed by atoms with Crippen molar-refractivity contribution in [2.75, 3.05) is 0 Å². The first-order valence-electron chi connectivity index (χ1n) is 9.11. The Morgan fingerprint density at radius 1 is 1.20 bits per heavy atom. The molecular formula is C20H18ClF3N2O4. The van der Waals surface area contributed by atoms with Crippen LogP contribution in [0.5, 0.6) is 0 Å². The number of pyridine rings is 1. The van der Waals surface area contributed by atoms with E-state index < -0.39 is 46.0 Å². The van der Waals surface area contributed by atoms with Gasteiger partial charge in [-0.3, -0.25) is 4.79 Å². The zero-order chi connectivity index (χ0) is 22.1. The second-order valence-corrected chi connectivity index (χ2v) is 7.54. The molecule has 3 rings (SSSR count). The van der Waals surface area contributed by atoms with Crippen LogP contribution in [0.4, 0.5) is 13.2 Å². The Balaban J connectivity index is 2.00. The van der Waals surface area contributed by atoms with E-state index in [0.717, 1.165) is 6.20 Å². The number of carbonyl (C=O) groups is 2. The summed E-state index contributed by atoms with van der Waals surface area (Å²) in [6, 6.07) is 5.27. The van der Waals surface area contributed by atoms with Gasteiger partial charge in [-0.05, 0) is 36.6 Å². The quantitative estimate of drug-likeness (QED) is 0.643. The number of carbonyl (C=O) groups excluding carboxylic acids is 1. The van der Waals surface area contributed by atoms with Crippen LogP contribution in [0.3, 0.4) is 0 Å². The number of halogens is 4. The van der Waals surface area contributed by atoms with Crippen molar-refractivity contribution in [3.8, 4) is 0 Å². The number of nitrogens with one attached hydrogen (secondary N) is 1. The van der Waals surface area contributed by atoms with Gasteiger partial charge in [0.25, 0.3) is 5.91 Å². The number of alkyl halides is 3. The molecule has 1 saturated carbocycles. The van der Waals surface area contributed by atoms with Crippen LogP contribution in [0.25, 0.3) is 0 Å². The fraction of sp³-hybridized carbons (Fsp3) is 0.350. The van der Waals surface area contributed by atoms with Crippen molar-refractivity contribution in [1.29, 1.82) is 0 Å². The van der Waals surface area contributed by atoms with E-state index in [0.29, 0.717) is 37.3 Å². The molecule has 3 N–H and O–H groups in total. The number of rotatable bonds is 5. The fourth-order valence-electron chi connectivity index (χ4n) is 3.68. The summed E-state index contributed by atoms with van der Waals surface area (Å²) in [5.74, 6) is -2.19. The molecule has 1 aromatic heterocycles. The minimum Gasteiger partial charge on any atom is -0.478 e. The van der Waals surface area contributed by atoms with E-state index in [1.54, 1.807) is 0 Å². The van der Waals surface area contributed by atoms with Crippen molar-refractivity contribution in [3.63, 3.8) is 0 Å². The standard InChI is InChI=1S/C20H18ClF3N2O4/c21-14-13(20(22,23)24)6-9-25-15(14)17(27)26-16(19(30)7-1-2-8-19)11-4-3-5-12(10-11)18(28)29/h3-6,9-10,16,30H,1-2,7-8H2,(H,26,27)(H,28,29). The van der Waals surface area contributed by atoms with Gasteiger partial charge in [0.1, 0.15) is 5.69 Å². The fourth-order valence-corrected chi connectivity index (χ4v) is 3.98. The second-order valence-electron chi connectivity index (χ2n) is 7.17. The molecule has 1 unspecified atom stereocenters. The number of aromatic nitrogens is 1. The summed E-state index contributed by atoms with van der Waals surface area (Å²) >= 11 is 5.80. The van der Waals surface area contributed by atoms with Gasteiger partial charge in [0.2, 0.25) is 0 Å². The average molecular weight is 443 g/mol. The number of carboxylic acids is 1. The smallest absolute Gasteiger partial charge is 0.417 e. The van der Waals surface area contributed by atoms with Crippen LogP contribution >= 0.6 is 11.6 Å². The van der Waals surface area contributed by atoms with Gasteiger partial charge < -0.3 is 15.5 Å². The van der Waals surface area contributed by atoms with E-state index in [9.17, 15) is 33.0 Å². The van der Waals surface area contributed by atoms with Crippen LogP contribution in [-0.4, -0.2) is 32.7 Å². The highest BCUT2D eigenvalue weighted by Crippen LogP contribution is 2.41. The number of hydrogen-bond donors (Lipinski definition) is 3. The molecule has 0 radical (unpaired) electrons. The van der Waals surface area contributed by atoms with Gasteiger partial charge in [-0.2, -0.15) is 13.2 Å². The van der Waals surface area contributed by atoms with Crippen LogP contribution in [0.15, 0.2) is 36.5 Å². The lowest BCUT2D eigenvalue weighted by molar-refractivity contribution is -0.137. The van der Waals surface area contributed by atoms with Crippen LogP contribution in [0, 0.1) is 0 Å². The molecule has 1 aromatic carbocycles. The molecule has 0 bridgehead atoms. The summed E-state index contributed by atoms with van der Waals surface area (Å²) in [6.07, 6.45) is -1.91. The summed E-state index contributed by atoms with van der Waals surface area (Å²) < 4.78 is 39.3. The van der Waals surface area contributed by atoms with E-state index in [1.807, 2.05) is 0 Å². The summed E-state index contributed by atoms with van der Waals surface area (Å²) in [7, 11) is 0. The number of carboxylic acid groups (broad SMARTS) is 1. The summed E-state index contributed by atoms with van der Waals surface area (Å²) in [5, 5.41) is 22.0. The first-order valence-corrected chi connectivity index (χ1v) is 9.49. The maximum absolute atomic E-state index is 13.1. The van der Waals surface area contributed by atoms with Gasteiger partial charge in [-0.1, -0.05) is 36.6 Å². The van der Waals surface area contributed by atoms with E-state index in [-0.39, 0.29) is 5.56 Å². The van der Waals surface area contributed by atoms with Crippen LogP contribution in [0.2, 0.25) is 5.02 Å². The lowest BCUT2D eigenvalue weighted by Gasteiger charge is -2.34. The highest BCUT2D eigenvalue weighted by atomic mass is 35.5. The molecule has 1 heterocycles. The Morgan fingerprint density at radius 3 is 2.47 bits per heavy atom. The lowest BCUT2D eigenvalue weighted by atomic mass is 9.86. The number of hydrogen-bond acceptors (Lipinski definition) is 4. The molecule has 0 spiro atoms. The SMILES string of the molecule is O=C(O)c1cccc(C(NC(=O)c2nccc(C(F)(F)F)c2Cl)C2(O)CCCC2)c1. The normalized spacial score (nSPS) is 16.8. The minimum atomic E-state index is -4.77.